The first-order chi connectivity index (χ1) is 16.5. The molecule has 1 amide bonds. The molecule has 4 heterocycles. The number of piperazine rings is 1. The molecule has 0 unspecified atom stereocenters. The lowest BCUT2D eigenvalue weighted by molar-refractivity contribution is -0.141. The molecule has 2 aliphatic heterocycles. The normalized spacial score (nSPS) is 18.2. The number of hydrogen-bond acceptors (Lipinski definition) is 6. The summed E-state index contributed by atoms with van der Waals surface area (Å²) in [6, 6.07) is 14.3. The summed E-state index contributed by atoms with van der Waals surface area (Å²) in [5.41, 5.74) is 2.62. The van der Waals surface area contributed by atoms with Crippen LogP contribution < -0.4 is 4.90 Å². The van der Waals surface area contributed by atoms with E-state index in [0.717, 1.165) is 54.5 Å². The second kappa shape index (κ2) is 9.18. The van der Waals surface area contributed by atoms with E-state index in [1.165, 1.54) is 0 Å². The second-order valence-corrected chi connectivity index (χ2v) is 9.31. The van der Waals surface area contributed by atoms with Crippen LogP contribution in [0.3, 0.4) is 0 Å². The molecule has 2 fully saturated rings. The summed E-state index contributed by atoms with van der Waals surface area (Å²) in [6.45, 7) is 9.98. The molecule has 34 heavy (non-hydrogen) atoms. The Hall–Kier alpha value is -3.26. The maximum absolute atomic E-state index is 13.9. The fourth-order valence-corrected chi connectivity index (χ4v) is 5.21. The molecule has 0 saturated carbocycles. The van der Waals surface area contributed by atoms with Gasteiger partial charge in [0.2, 0.25) is 5.91 Å². The topological polar surface area (TPSA) is 76.4 Å². The van der Waals surface area contributed by atoms with Crippen molar-refractivity contribution in [1.29, 1.82) is 0 Å². The van der Waals surface area contributed by atoms with E-state index < -0.39 is 5.41 Å². The Morgan fingerprint density at radius 3 is 2.24 bits per heavy atom. The van der Waals surface area contributed by atoms with Gasteiger partial charge in [-0.15, -0.1) is 0 Å². The number of ether oxygens (including phenoxy) is 1. The zero-order valence-electron chi connectivity index (χ0n) is 20.2. The summed E-state index contributed by atoms with van der Waals surface area (Å²) in [5, 5.41) is 4.58. The van der Waals surface area contributed by atoms with Crippen LogP contribution in [-0.4, -0.2) is 69.9 Å². The van der Waals surface area contributed by atoms with Crippen molar-refractivity contribution >= 4 is 11.7 Å². The quantitative estimate of drug-likeness (QED) is 0.596. The minimum Gasteiger partial charge on any atom is -0.381 e. The summed E-state index contributed by atoms with van der Waals surface area (Å²) >= 11 is 0. The molecule has 0 radical (unpaired) electrons. The molecule has 0 N–H and O–H groups in total. The van der Waals surface area contributed by atoms with Gasteiger partial charge >= 0.3 is 0 Å². The summed E-state index contributed by atoms with van der Waals surface area (Å²) in [4.78, 5) is 27.4. The molecule has 8 heteroatoms. The number of nitrogens with zero attached hydrogens (tertiary/aromatic N) is 6. The van der Waals surface area contributed by atoms with E-state index in [4.69, 9.17) is 9.72 Å². The van der Waals surface area contributed by atoms with Gasteiger partial charge in [-0.05, 0) is 45.2 Å². The van der Waals surface area contributed by atoms with E-state index >= 15 is 0 Å². The summed E-state index contributed by atoms with van der Waals surface area (Å²) in [7, 11) is 0. The van der Waals surface area contributed by atoms with Crippen molar-refractivity contribution in [2.24, 2.45) is 0 Å². The number of carbonyl (C=O) groups is 1. The average molecular weight is 461 g/mol. The van der Waals surface area contributed by atoms with Gasteiger partial charge < -0.3 is 14.5 Å². The van der Waals surface area contributed by atoms with Crippen molar-refractivity contribution in [1.82, 2.24) is 24.6 Å². The molecule has 8 nitrogen and oxygen atoms in total. The molecule has 0 spiro atoms. The third kappa shape index (κ3) is 4.18. The number of amides is 1. The van der Waals surface area contributed by atoms with Crippen molar-refractivity contribution in [3.8, 4) is 5.82 Å². The van der Waals surface area contributed by atoms with Crippen LogP contribution in [0.15, 0.2) is 42.5 Å². The lowest BCUT2D eigenvalue weighted by Gasteiger charge is -2.43. The van der Waals surface area contributed by atoms with E-state index in [2.05, 4.69) is 27.1 Å². The molecule has 0 aliphatic carbocycles. The van der Waals surface area contributed by atoms with Crippen LogP contribution in [-0.2, 0) is 14.9 Å². The van der Waals surface area contributed by atoms with Gasteiger partial charge in [-0.1, -0.05) is 30.3 Å². The molecule has 3 aromatic rings. The Morgan fingerprint density at radius 2 is 1.59 bits per heavy atom. The Morgan fingerprint density at radius 1 is 0.912 bits per heavy atom. The summed E-state index contributed by atoms with van der Waals surface area (Å²) in [5.74, 6) is 2.59. The highest BCUT2D eigenvalue weighted by Crippen LogP contribution is 2.37. The van der Waals surface area contributed by atoms with Gasteiger partial charge in [-0.25, -0.2) is 14.6 Å². The van der Waals surface area contributed by atoms with Gasteiger partial charge in [0.15, 0.2) is 5.82 Å². The smallest absolute Gasteiger partial charge is 0.233 e. The predicted molar refractivity (Wildman–Crippen MR) is 130 cm³/mol. The summed E-state index contributed by atoms with van der Waals surface area (Å²) < 4.78 is 7.49. The van der Waals surface area contributed by atoms with E-state index in [9.17, 15) is 4.79 Å². The number of aryl methyl sites for hydroxylation is 3. The first kappa shape index (κ1) is 22.5. The lowest BCUT2D eigenvalue weighted by Crippen LogP contribution is -2.56. The van der Waals surface area contributed by atoms with Crippen LogP contribution in [0.4, 0.5) is 5.82 Å². The van der Waals surface area contributed by atoms with Gasteiger partial charge in [0, 0.05) is 51.2 Å². The second-order valence-electron chi connectivity index (χ2n) is 9.31. The Kier molecular flexibility index (Phi) is 6.08. The minimum atomic E-state index is -0.490. The first-order valence-corrected chi connectivity index (χ1v) is 12.0. The zero-order valence-corrected chi connectivity index (χ0v) is 20.2. The number of rotatable bonds is 4. The van der Waals surface area contributed by atoms with Crippen LogP contribution in [0, 0.1) is 20.8 Å². The highest BCUT2D eigenvalue weighted by atomic mass is 16.5. The molecule has 178 valence electrons. The Bertz CT molecular complexity index is 1160. The Labute approximate surface area is 200 Å². The van der Waals surface area contributed by atoms with E-state index in [1.54, 1.807) is 0 Å². The van der Waals surface area contributed by atoms with E-state index in [1.807, 2.05) is 60.7 Å². The maximum Gasteiger partial charge on any atom is 0.233 e. The third-order valence-electron chi connectivity index (χ3n) is 7.01. The molecule has 2 saturated heterocycles. The van der Waals surface area contributed by atoms with Gasteiger partial charge in [-0.3, -0.25) is 4.79 Å². The van der Waals surface area contributed by atoms with Crippen LogP contribution in [0.25, 0.3) is 5.82 Å². The van der Waals surface area contributed by atoms with Crippen molar-refractivity contribution in [2.75, 3.05) is 44.3 Å². The molecule has 1 aromatic carbocycles. The predicted octanol–water partition coefficient (Wildman–Crippen LogP) is 2.98. The number of carbonyl (C=O) groups excluding carboxylic acids is 1. The number of anilines is 1. The monoisotopic (exact) mass is 460 g/mol. The number of benzene rings is 1. The fourth-order valence-electron chi connectivity index (χ4n) is 5.21. The SMILES string of the molecule is Cc1cc(C)n(-c2cc(N3CCN(C(=O)C4(c5ccccc5)CCOCC4)CC3)nc(C)n2)n1. The van der Waals surface area contributed by atoms with Gasteiger partial charge in [0.05, 0.1) is 11.1 Å². The van der Waals surface area contributed by atoms with Crippen LogP contribution in [0.1, 0.15) is 35.6 Å². The van der Waals surface area contributed by atoms with Gasteiger partial charge in [0.25, 0.3) is 0 Å². The van der Waals surface area contributed by atoms with Crippen LogP contribution in [0.5, 0.6) is 0 Å². The molecule has 0 bridgehead atoms. The lowest BCUT2D eigenvalue weighted by atomic mass is 9.73. The minimum absolute atomic E-state index is 0.226. The molecule has 2 aliphatic rings. The molecular formula is C26H32N6O2. The molecule has 2 aromatic heterocycles. The van der Waals surface area contributed by atoms with Crippen molar-refractivity contribution in [3.63, 3.8) is 0 Å². The first-order valence-electron chi connectivity index (χ1n) is 12.0. The number of aromatic nitrogens is 4. The van der Waals surface area contributed by atoms with Crippen molar-refractivity contribution in [2.45, 2.75) is 39.0 Å². The van der Waals surface area contributed by atoms with E-state index in [-0.39, 0.29) is 5.91 Å². The van der Waals surface area contributed by atoms with Gasteiger partial charge in [0.1, 0.15) is 11.6 Å². The zero-order chi connectivity index (χ0) is 23.7. The molecular weight excluding hydrogens is 428 g/mol. The van der Waals surface area contributed by atoms with E-state index in [0.29, 0.717) is 32.1 Å². The standard InChI is InChI=1S/C26H32N6O2/c1-19-17-20(2)32(29-19)24-18-23(27-21(3)28-24)30-11-13-31(14-12-30)25(33)26(9-15-34-16-10-26)22-7-5-4-6-8-22/h4-8,17-18H,9-16H2,1-3H3. The fraction of sp³-hybridized carbons (Fsp3) is 0.462. The summed E-state index contributed by atoms with van der Waals surface area (Å²) in [6.07, 6.45) is 1.46. The Balaban J connectivity index is 1.34. The molecule has 0 atom stereocenters. The number of hydrogen-bond donors (Lipinski definition) is 0. The molecule has 5 rings (SSSR count). The van der Waals surface area contributed by atoms with Crippen LogP contribution >= 0.6 is 0 Å². The van der Waals surface area contributed by atoms with Crippen LogP contribution in [0.2, 0.25) is 0 Å². The average Bonchev–Trinajstić information content (AvgIpc) is 3.22. The highest BCUT2D eigenvalue weighted by Gasteiger charge is 2.44. The highest BCUT2D eigenvalue weighted by molar-refractivity contribution is 5.88. The largest absolute Gasteiger partial charge is 0.381 e. The third-order valence-corrected chi connectivity index (χ3v) is 7.01. The maximum atomic E-state index is 13.9. The van der Waals surface area contributed by atoms with Gasteiger partial charge in [-0.2, -0.15) is 5.10 Å². The van der Waals surface area contributed by atoms with Crippen molar-refractivity contribution in [3.05, 3.63) is 65.2 Å². The van der Waals surface area contributed by atoms with Crippen molar-refractivity contribution < 1.29 is 9.53 Å².